The Balaban J connectivity index is 1.82. The standard InChI is InChI=1S/C21H16F6N6O/c1-31(11-14-7-8-28-32(14)2)19(34)16-10-18-29-15(12-3-5-13(22)6-4-12)9-17(33(18)30-16)20(23,24)21(25,26)27/h3-10H,11H2,1-2H3. The molecule has 4 aromatic rings. The number of hydrogen-bond acceptors (Lipinski definition) is 4. The van der Waals surface area contributed by atoms with Crippen LogP contribution in [-0.4, -0.2) is 48.4 Å². The Labute approximate surface area is 188 Å². The predicted octanol–water partition coefficient (Wildman–Crippen LogP) is 4.20. The third-order valence-corrected chi connectivity index (χ3v) is 5.13. The predicted molar refractivity (Wildman–Crippen MR) is 107 cm³/mol. The molecule has 0 fully saturated rings. The van der Waals surface area contributed by atoms with E-state index in [9.17, 15) is 31.1 Å². The third kappa shape index (κ3) is 4.08. The average Bonchev–Trinajstić information content (AvgIpc) is 3.38. The van der Waals surface area contributed by atoms with Crippen LogP contribution in [0.4, 0.5) is 26.3 Å². The summed E-state index contributed by atoms with van der Waals surface area (Å²) in [7, 11) is 3.08. The first-order valence-corrected chi connectivity index (χ1v) is 9.72. The van der Waals surface area contributed by atoms with Gasteiger partial charge < -0.3 is 4.90 Å². The van der Waals surface area contributed by atoms with Crippen LogP contribution in [0.5, 0.6) is 0 Å². The molecule has 1 amide bonds. The number of hydrogen-bond donors (Lipinski definition) is 0. The van der Waals surface area contributed by atoms with Crippen LogP contribution in [-0.2, 0) is 19.5 Å². The van der Waals surface area contributed by atoms with Gasteiger partial charge in [-0.1, -0.05) is 0 Å². The Bertz CT molecular complexity index is 1360. The second-order valence-electron chi connectivity index (χ2n) is 7.51. The Morgan fingerprint density at radius 3 is 2.32 bits per heavy atom. The van der Waals surface area contributed by atoms with Crippen molar-refractivity contribution < 1.29 is 31.1 Å². The highest BCUT2D eigenvalue weighted by Gasteiger charge is 2.60. The number of aromatic nitrogens is 5. The summed E-state index contributed by atoms with van der Waals surface area (Å²) in [5.41, 5.74) is -1.83. The van der Waals surface area contributed by atoms with E-state index in [4.69, 9.17) is 0 Å². The molecular weight excluding hydrogens is 466 g/mol. The molecule has 1 aromatic carbocycles. The van der Waals surface area contributed by atoms with Gasteiger partial charge >= 0.3 is 12.1 Å². The summed E-state index contributed by atoms with van der Waals surface area (Å²) in [6.45, 7) is 0.0863. The molecule has 0 spiro atoms. The summed E-state index contributed by atoms with van der Waals surface area (Å²) in [6.07, 6.45) is -4.42. The Morgan fingerprint density at radius 1 is 1.06 bits per heavy atom. The number of nitrogens with zero attached hydrogens (tertiary/aromatic N) is 6. The first kappa shape index (κ1) is 23.3. The Hall–Kier alpha value is -3.90. The molecule has 0 saturated heterocycles. The van der Waals surface area contributed by atoms with E-state index in [0.29, 0.717) is 16.3 Å². The van der Waals surface area contributed by atoms with Crippen molar-refractivity contribution in [2.45, 2.75) is 18.6 Å². The molecule has 0 aliphatic heterocycles. The maximum absolute atomic E-state index is 14.4. The molecule has 0 aliphatic rings. The van der Waals surface area contributed by atoms with Crippen LogP contribution in [0.25, 0.3) is 16.9 Å². The topological polar surface area (TPSA) is 68.3 Å². The molecule has 0 saturated carbocycles. The maximum atomic E-state index is 14.4. The summed E-state index contributed by atoms with van der Waals surface area (Å²) in [5, 5.41) is 7.69. The fourth-order valence-electron chi connectivity index (χ4n) is 3.28. The number of carbonyl (C=O) groups excluding carboxylic acids is 1. The van der Waals surface area contributed by atoms with Crippen molar-refractivity contribution in [3.05, 3.63) is 71.6 Å². The first-order chi connectivity index (χ1) is 15.9. The van der Waals surface area contributed by atoms with Gasteiger partial charge in [-0.05, 0) is 36.4 Å². The van der Waals surface area contributed by atoms with E-state index in [1.165, 1.54) is 35.0 Å². The van der Waals surface area contributed by atoms with E-state index in [1.807, 2.05) is 0 Å². The lowest BCUT2D eigenvalue weighted by molar-refractivity contribution is -0.291. The SMILES string of the molecule is CN(Cc1ccnn1C)C(=O)c1cc2nc(-c3ccc(F)cc3)cc(C(F)(F)C(F)(F)F)n2n1. The van der Waals surface area contributed by atoms with Gasteiger partial charge in [-0.2, -0.15) is 32.1 Å². The van der Waals surface area contributed by atoms with Crippen LogP contribution in [0.1, 0.15) is 21.9 Å². The monoisotopic (exact) mass is 482 g/mol. The van der Waals surface area contributed by atoms with E-state index in [2.05, 4.69) is 15.2 Å². The van der Waals surface area contributed by atoms with Crippen LogP contribution in [0.2, 0.25) is 0 Å². The van der Waals surface area contributed by atoms with Crippen LogP contribution in [0.15, 0.2) is 48.7 Å². The summed E-state index contributed by atoms with van der Waals surface area (Å²) >= 11 is 0. The van der Waals surface area contributed by atoms with Crippen molar-refractivity contribution in [3.8, 4) is 11.3 Å². The third-order valence-electron chi connectivity index (χ3n) is 5.13. The highest BCUT2D eigenvalue weighted by Crippen LogP contribution is 2.44. The van der Waals surface area contributed by atoms with Gasteiger partial charge in [0.05, 0.1) is 17.9 Å². The van der Waals surface area contributed by atoms with E-state index in [-0.39, 0.29) is 23.5 Å². The number of carbonyl (C=O) groups is 1. The number of fused-ring (bicyclic) bond motifs is 1. The van der Waals surface area contributed by atoms with Gasteiger partial charge in [-0.25, -0.2) is 13.9 Å². The van der Waals surface area contributed by atoms with Crippen molar-refractivity contribution >= 4 is 11.6 Å². The van der Waals surface area contributed by atoms with Gasteiger partial charge in [0, 0.05) is 31.9 Å². The van der Waals surface area contributed by atoms with Crippen molar-refractivity contribution in [2.75, 3.05) is 7.05 Å². The zero-order valence-corrected chi connectivity index (χ0v) is 17.7. The number of alkyl halides is 5. The second kappa shape index (κ2) is 8.15. The lowest BCUT2D eigenvalue weighted by Gasteiger charge is -2.21. The quantitative estimate of drug-likeness (QED) is 0.400. The van der Waals surface area contributed by atoms with Gasteiger partial charge in [0.1, 0.15) is 11.5 Å². The summed E-state index contributed by atoms with van der Waals surface area (Å²) < 4.78 is 83.7. The number of amides is 1. The molecule has 13 heteroatoms. The van der Waals surface area contributed by atoms with Gasteiger partial charge in [0.15, 0.2) is 11.3 Å². The van der Waals surface area contributed by atoms with E-state index < -0.39 is 35.2 Å². The molecule has 3 aromatic heterocycles. The van der Waals surface area contributed by atoms with E-state index in [1.54, 1.807) is 13.1 Å². The summed E-state index contributed by atoms with van der Waals surface area (Å²) in [4.78, 5) is 18.1. The molecule has 3 heterocycles. The fourth-order valence-corrected chi connectivity index (χ4v) is 3.28. The lowest BCUT2D eigenvalue weighted by Crippen LogP contribution is -2.36. The average molecular weight is 482 g/mol. The second-order valence-corrected chi connectivity index (χ2v) is 7.51. The molecule has 0 unspecified atom stereocenters. The molecule has 0 bridgehead atoms. The minimum absolute atomic E-state index is 0.0863. The molecule has 7 nitrogen and oxygen atoms in total. The number of benzene rings is 1. The largest absolute Gasteiger partial charge is 0.459 e. The number of aryl methyl sites for hydroxylation is 1. The molecule has 0 N–H and O–H groups in total. The zero-order chi connectivity index (χ0) is 24.8. The van der Waals surface area contributed by atoms with Crippen LogP contribution >= 0.6 is 0 Å². The zero-order valence-electron chi connectivity index (χ0n) is 17.7. The fraction of sp³-hybridized carbons (Fsp3) is 0.238. The Kier molecular flexibility index (Phi) is 5.58. The molecular formula is C21H16F6N6O. The first-order valence-electron chi connectivity index (χ1n) is 9.72. The minimum atomic E-state index is -5.94. The summed E-state index contributed by atoms with van der Waals surface area (Å²) in [6, 6.07) is 7.61. The molecule has 4 rings (SSSR count). The molecule has 178 valence electrons. The van der Waals surface area contributed by atoms with Gasteiger partial charge in [0.2, 0.25) is 0 Å². The van der Waals surface area contributed by atoms with Crippen LogP contribution < -0.4 is 0 Å². The van der Waals surface area contributed by atoms with Crippen molar-refractivity contribution in [1.82, 2.24) is 29.3 Å². The minimum Gasteiger partial charge on any atom is -0.334 e. The smallest absolute Gasteiger partial charge is 0.334 e. The molecule has 0 atom stereocenters. The van der Waals surface area contributed by atoms with E-state index >= 15 is 0 Å². The van der Waals surface area contributed by atoms with Crippen molar-refractivity contribution in [2.24, 2.45) is 7.05 Å². The van der Waals surface area contributed by atoms with E-state index in [0.717, 1.165) is 18.2 Å². The maximum Gasteiger partial charge on any atom is 0.459 e. The summed E-state index contributed by atoms with van der Waals surface area (Å²) in [5.74, 6) is -6.66. The highest BCUT2D eigenvalue weighted by molar-refractivity contribution is 5.93. The van der Waals surface area contributed by atoms with Gasteiger partial charge in [-0.3, -0.25) is 9.48 Å². The Morgan fingerprint density at radius 2 is 1.74 bits per heavy atom. The van der Waals surface area contributed by atoms with Crippen molar-refractivity contribution in [1.29, 1.82) is 0 Å². The van der Waals surface area contributed by atoms with Crippen LogP contribution in [0, 0.1) is 5.82 Å². The molecule has 34 heavy (non-hydrogen) atoms. The number of halogens is 6. The number of rotatable bonds is 5. The highest BCUT2D eigenvalue weighted by atomic mass is 19.4. The molecule has 0 radical (unpaired) electrons. The van der Waals surface area contributed by atoms with Gasteiger partial charge in [0.25, 0.3) is 5.91 Å². The van der Waals surface area contributed by atoms with Crippen molar-refractivity contribution in [3.63, 3.8) is 0 Å². The van der Waals surface area contributed by atoms with Crippen LogP contribution in [0.3, 0.4) is 0 Å². The normalized spacial score (nSPS) is 12.4. The lowest BCUT2D eigenvalue weighted by atomic mass is 10.1. The van der Waals surface area contributed by atoms with Gasteiger partial charge in [-0.15, -0.1) is 0 Å². The molecule has 0 aliphatic carbocycles.